The second kappa shape index (κ2) is 10.4. The quantitative estimate of drug-likeness (QED) is 0.435. The van der Waals surface area contributed by atoms with Gasteiger partial charge in [0.1, 0.15) is 5.65 Å². The van der Waals surface area contributed by atoms with Gasteiger partial charge in [0.15, 0.2) is 0 Å². The first kappa shape index (κ1) is 26.8. The van der Waals surface area contributed by atoms with Crippen molar-refractivity contribution in [3.63, 3.8) is 0 Å². The molecule has 3 heterocycles. The Kier molecular flexibility index (Phi) is 7.15. The third-order valence-electron chi connectivity index (χ3n) is 8.27. The number of halogens is 2. The van der Waals surface area contributed by atoms with Crippen LogP contribution in [0.15, 0.2) is 30.6 Å². The molecule has 1 saturated heterocycles. The number of alkyl halides is 2. The number of pyridine rings is 1. The predicted molar refractivity (Wildman–Crippen MR) is 145 cm³/mol. The third-order valence-corrected chi connectivity index (χ3v) is 8.27. The number of nitriles is 1. The lowest BCUT2D eigenvalue weighted by Crippen LogP contribution is -2.40. The van der Waals surface area contributed by atoms with Crippen LogP contribution in [-0.4, -0.2) is 39.4 Å². The van der Waals surface area contributed by atoms with Crippen LogP contribution in [0.3, 0.4) is 0 Å². The van der Waals surface area contributed by atoms with E-state index in [4.69, 9.17) is 0 Å². The molecule has 3 aromatic rings. The molecular formula is C30H33F2N5O2. The van der Waals surface area contributed by atoms with Crippen molar-refractivity contribution >= 4 is 28.5 Å². The Bertz CT molecular complexity index is 1470. The molecule has 1 aliphatic heterocycles. The summed E-state index contributed by atoms with van der Waals surface area (Å²) in [6.07, 6.45) is 8.62. The third kappa shape index (κ3) is 5.12. The minimum absolute atomic E-state index is 0.00883. The van der Waals surface area contributed by atoms with Gasteiger partial charge in [-0.05, 0) is 61.8 Å². The van der Waals surface area contributed by atoms with E-state index in [1.165, 1.54) is 12.3 Å². The molecule has 1 saturated carbocycles. The Morgan fingerprint density at radius 2 is 1.85 bits per heavy atom. The normalized spacial score (nSPS) is 17.0. The summed E-state index contributed by atoms with van der Waals surface area (Å²) in [6, 6.07) is 6.72. The molecule has 0 radical (unpaired) electrons. The Morgan fingerprint density at radius 1 is 1.15 bits per heavy atom. The van der Waals surface area contributed by atoms with Crippen LogP contribution in [0.1, 0.15) is 84.0 Å². The molecule has 0 unspecified atom stereocenters. The Balaban J connectivity index is 1.47. The molecule has 9 heteroatoms. The molecule has 2 amide bonds. The van der Waals surface area contributed by atoms with E-state index < -0.39 is 11.8 Å². The number of rotatable bonds is 5. The van der Waals surface area contributed by atoms with E-state index in [2.05, 4.69) is 10.3 Å². The molecule has 2 aromatic heterocycles. The lowest BCUT2D eigenvalue weighted by molar-refractivity contribution is -0.136. The van der Waals surface area contributed by atoms with Crippen LogP contribution in [0.25, 0.3) is 11.0 Å². The average Bonchev–Trinajstić information content (AvgIpc) is 3.56. The van der Waals surface area contributed by atoms with Gasteiger partial charge < -0.3 is 14.8 Å². The van der Waals surface area contributed by atoms with Gasteiger partial charge in [-0.3, -0.25) is 9.59 Å². The number of amides is 2. The molecule has 2 fully saturated rings. The van der Waals surface area contributed by atoms with Gasteiger partial charge in [0.05, 0.1) is 29.1 Å². The summed E-state index contributed by atoms with van der Waals surface area (Å²) in [4.78, 5) is 32.4. The number of benzene rings is 1. The van der Waals surface area contributed by atoms with E-state index in [1.54, 1.807) is 30.7 Å². The van der Waals surface area contributed by atoms with Crippen molar-refractivity contribution in [2.45, 2.75) is 64.2 Å². The van der Waals surface area contributed by atoms with Crippen molar-refractivity contribution in [3.05, 3.63) is 58.4 Å². The van der Waals surface area contributed by atoms with Gasteiger partial charge in [0.25, 0.3) is 11.8 Å². The number of carbonyl (C=O) groups excluding carboxylic acids is 2. The van der Waals surface area contributed by atoms with Crippen molar-refractivity contribution in [2.75, 3.05) is 18.4 Å². The van der Waals surface area contributed by atoms with Gasteiger partial charge >= 0.3 is 0 Å². The number of carbonyl (C=O) groups is 2. The molecule has 5 rings (SSSR count). The highest BCUT2D eigenvalue weighted by molar-refractivity contribution is 6.06. The molecule has 1 aliphatic carbocycles. The van der Waals surface area contributed by atoms with E-state index in [1.807, 2.05) is 17.2 Å². The van der Waals surface area contributed by atoms with Crippen molar-refractivity contribution in [2.24, 2.45) is 13.0 Å². The van der Waals surface area contributed by atoms with Crippen LogP contribution >= 0.6 is 0 Å². The van der Waals surface area contributed by atoms with Gasteiger partial charge in [-0.1, -0.05) is 18.9 Å². The molecule has 2 aliphatic rings. The zero-order chi connectivity index (χ0) is 27.9. The number of nitrogens with one attached hydrogen (secondary N) is 1. The SMILES string of the molecule is Cc1ccc(C(=O)Nc2cnc3c(c(C4CCN(C(=O)C5CCCC5)CC4)cn3C)c2C(C)(F)F)cc1C#N. The van der Waals surface area contributed by atoms with E-state index in [-0.39, 0.29) is 34.6 Å². The molecule has 1 aromatic carbocycles. The summed E-state index contributed by atoms with van der Waals surface area (Å²) in [5.74, 6) is -3.51. The Labute approximate surface area is 226 Å². The van der Waals surface area contributed by atoms with Crippen molar-refractivity contribution in [1.82, 2.24) is 14.5 Å². The topological polar surface area (TPSA) is 91.0 Å². The predicted octanol–water partition coefficient (Wildman–Crippen LogP) is 6.01. The summed E-state index contributed by atoms with van der Waals surface area (Å²) >= 11 is 0. The Morgan fingerprint density at radius 3 is 2.49 bits per heavy atom. The van der Waals surface area contributed by atoms with Gasteiger partial charge in [-0.15, -0.1) is 0 Å². The maximum atomic E-state index is 15.3. The van der Waals surface area contributed by atoms with Crippen LogP contribution in [0.5, 0.6) is 0 Å². The van der Waals surface area contributed by atoms with Crippen LogP contribution in [0, 0.1) is 24.2 Å². The molecule has 7 nitrogen and oxygen atoms in total. The molecule has 0 spiro atoms. The first-order chi connectivity index (χ1) is 18.6. The number of likely N-dealkylation sites (tertiary alicyclic amines) is 1. The summed E-state index contributed by atoms with van der Waals surface area (Å²) in [5, 5.41) is 12.3. The van der Waals surface area contributed by atoms with E-state index in [0.29, 0.717) is 42.5 Å². The van der Waals surface area contributed by atoms with E-state index in [9.17, 15) is 14.9 Å². The number of aromatic nitrogens is 2. The zero-order valence-electron chi connectivity index (χ0n) is 22.6. The molecular weight excluding hydrogens is 500 g/mol. The van der Waals surface area contributed by atoms with Gasteiger partial charge in [-0.25, -0.2) is 13.8 Å². The molecule has 0 atom stereocenters. The van der Waals surface area contributed by atoms with E-state index in [0.717, 1.165) is 43.7 Å². The van der Waals surface area contributed by atoms with Gasteiger partial charge in [0, 0.05) is 50.1 Å². The second-order valence-electron chi connectivity index (χ2n) is 11.0. The maximum absolute atomic E-state index is 15.3. The van der Waals surface area contributed by atoms with Crippen molar-refractivity contribution in [1.29, 1.82) is 5.26 Å². The van der Waals surface area contributed by atoms with Crippen molar-refractivity contribution < 1.29 is 18.4 Å². The number of hydrogen-bond acceptors (Lipinski definition) is 4. The molecule has 39 heavy (non-hydrogen) atoms. The first-order valence-electron chi connectivity index (χ1n) is 13.6. The number of piperidine rings is 1. The maximum Gasteiger partial charge on any atom is 0.273 e. The van der Waals surface area contributed by atoms with E-state index >= 15 is 8.78 Å². The minimum Gasteiger partial charge on any atom is -0.342 e. The fourth-order valence-corrected chi connectivity index (χ4v) is 6.16. The summed E-state index contributed by atoms with van der Waals surface area (Å²) in [7, 11) is 1.78. The highest BCUT2D eigenvalue weighted by Crippen LogP contribution is 2.44. The van der Waals surface area contributed by atoms with Crippen LogP contribution in [0.2, 0.25) is 0 Å². The zero-order valence-corrected chi connectivity index (χ0v) is 22.6. The number of fused-ring (bicyclic) bond motifs is 1. The fraction of sp³-hybridized carbons (Fsp3) is 0.467. The highest BCUT2D eigenvalue weighted by Gasteiger charge is 2.36. The number of aryl methyl sites for hydroxylation is 2. The standard InChI is InChI=1S/C30H33F2N5O2/c1-18-8-9-21(14-22(18)15-33)28(38)35-24-16-34-27-25(26(24)30(2,31)32)23(17-36(27)3)19-10-12-37(13-11-19)29(39)20-6-4-5-7-20/h8-9,14,16-17,19-20H,4-7,10-13H2,1-3H3,(H,35,38). The monoisotopic (exact) mass is 533 g/mol. The van der Waals surface area contributed by atoms with Gasteiger partial charge in [0.2, 0.25) is 5.91 Å². The second-order valence-corrected chi connectivity index (χ2v) is 11.0. The number of anilines is 1. The largest absolute Gasteiger partial charge is 0.342 e. The Hall–Kier alpha value is -3.80. The number of hydrogen-bond donors (Lipinski definition) is 1. The van der Waals surface area contributed by atoms with Gasteiger partial charge in [-0.2, -0.15) is 5.26 Å². The molecule has 0 bridgehead atoms. The lowest BCUT2D eigenvalue weighted by Gasteiger charge is -2.34. The summed E-state index contributed by atoms with van der Waals surface area (Å²) < 4.78 is 32.3. The average molecular weight is 534 g/mol. The van der Waals surface area contributed by atoms with Crippen LogP contribution in [-0.2, 0) is 17.8 Å². The molecule has 1 N–H and O–H groups in total. The van der Waals surface area contributed by atoms with Crippen LogP contribution < -0.4 is 5.32 Å². The lowest BCUT2D eigenvalue weighted by atomic mass is 9.87. The van der Waals surface area contributed by atoms with Crippen LogP contribution in [0.4, 0.5) is 14.5 Å². The smallest absolute Gasteiger partial charge is 0.273 e. The highest BCUT2D eigenvalue weighted by atomic mass is 19.3. The molecule has 204 valence electrons. The minimum atomic E-state index is -3.26. The number of nitrogens with zero attached hydrogens (tertiary/aromatic N) is 4. The summed E-state index contributed by atoms with van der Waals surface area (Å²) in [5.41, 5.74) is 2.14. The van der Waals surface area contributed by atoms with Crippen molar-refractivity contribution in [3.8, 4) is 6.07 Å². The first-order valence-corrected chi connectivity index (χ1v) is 13.6. The summed E-state index contributed by atoms with van der Waals surface area (Å²) in [6.45, 7) is 3.80. The fourth-order valence-electron chi connectivity index (χ4n) is 6.16.